The standard InChI is InChI=1S/C23H24O3S2/c1-18-13-15-21(16-14-18)27(24)19(2)23(20-9-5-3-6-10-20)17-28(25,26)22-11-7-4-8-12-22/h3-16,19,23H,17H2,1-2H3/t19-,23+,27?/m1/s1. The Morgan fingerprint density at radius 1 is 0.821 bits per heavy atom. The average Bonchev–Trinajstić information content (AvgIpc) is 2.73. The van der Waals surface area contributed by atoms with Gasteiger partial charge in [-0.3, -0.25) is 4.21 Å². The Morgan fingerprint density at radius 3 is 1.93 bits per heavy atom. The Morgan fingerprint density at radius 2 is 1.36 bits per heavy atom. The first-order chi connectivity index (χ1) is 13.4. The molecular formula is C23H24O3S2. The van der Waals surface area contributed by atoms with Crippen molar-refractivity contribution >= 4 is 20.6 Å². The van der Waals surface area contributed by atoms with Crippen molar-refractivity contribution in [3.8, 4) is 0 Å². The van der Waals surface area contributed by atoms with Crippen molar-refractivity contribution in [3.05, 3.63) is 96.1 Å². The van der Waals surface area contributed by atoms with Crippen LogP contribution in [0.4, 0.5) is 0 Å². The predicted octanol–water partition coefficient (Wildman–Crippen LogP) is 4.75. The van der Waals surface area contributed by atoms with Gasteiger partial charge < -0.3 is 0 Å². The van der Waals surface area contributed by atoms with Crippen LogP contribution in [0.3, 0.4) is 0 Å². The van der Waals surface area contributed by atoms with Crippen molar-refractivity contribution in [1.29, 1.82) is 0 Å². The molecule has 3 aromatic rings. The number of sulfone groups is 1. The molecule has 0 heterocycles. The summed E-state index contributed by atoms with van der Waals surface area (Å²) >= 11 is 0. The summed E-state index contributed by atoms with van der Waals surface area (Å²) < 4.78 is 39.3. The molecule has 0 fully saturated rings. The molecule has 28 heavy (non-hydrogen) atoms. The van der Waals surface area contributed by atoms with Gasteiger partial charge in [-0.2, -0.15) is 0 Å². The van der Waals surface area contributed by atoms with Crippen molar-refractivity contribution in [1.82, 2.24) is 0 Å². The lowest BCUT2D eigenvalue weighted by molar-refractivity contribution is 0.584. The fraction of sp³-hybridized carbons (Fsp3) is 0.217. The topological polar surface area (TPSA) is 51.2 Å². The average molecular weight is 413 g/mol. The Kier molecular flexibility index (Phi) is 6.47. The second kappa shape index (κ2) is 8.84. The molecule has 0 aliphatic carbocycles. The highest BCUT2D eigenvalue weighted by molar-refractivity contribution is 7.91. The van der Waals surface area contributed by atoms with Crippen molar-refractivity contribution in [2.24, 2.45) is 0 Å². The summed E-state index contributed by atoms with van der Waals surface area (Å²) in [5.74, 6) is -0.465. The van der Waals surface area contributed by atoms with Crippen LogP contribution < -0.4 is 0 Å². The Bertz CT molecular complexity index is 1030. The number of rotatable bonds is 7. The molecule has 3 rings (SSSR count). The zero-order valence-corrected chi connectivity index (χ0v) is 17.6. The monoisotopic (exact) mass is 412 g/mol. The van der Waals surface area contributed by atoms with Gasteiger partial charge in [0, 0.05) is 16.1 Å². The molecule has 3 aromatic carbocycles. The molecule has 1 unspecified atom stereocenters. The van der Waals surface area contributed by atoms with Crippen LogP contribution in [0.15, 0.2) is 94.7 Å². The van der Waals surface area contributed by atoms with Crippen LogP contribution >= 0.6 is 0 Å². The van der Waals surface area contributed by atoms with Crippen LogP contribution in [0.25, 0.3) is 0 Å². The van der Waals surface area contributed by atoms with Crippen LogP contribution in [0, 0.1) is 6.92 Å². The lowest BCUT2D eigenvalue weighted by atomic mass is 9.98. The molecule has 0 radical (unpaired) electrons. The van der Waals surface area contributed by atoms with Crippen molar-refractivity contribution < 1.29 is 12.6 Å². The van der Waals surface area contributed by atoms with Crippen LogP contribution in [-0.4, -0.2) is 23.6 Å². The van der Waals surface area contributed by atoms with E-state index in [-0.39, 0.29) is 16.9 Å². The van der Waals surface area contributed by atoms with Gasteiger partial charge in [-0.15, -0.1) is 0 Å². The highest BCUT2D eigenvalue weighted by Gasteiger charge is 2.30. The lowest BCUT2D eigenvalue weighted by Gasteiger charge is -2.24. The van der Waals surface area contributed by atoms with Crippen molar-refractivity contribution in [2.45, 2.75) is 34.8 Å². The smallest absolute Gasteiger partial charge is 0.179 e. The summed E-state index contributed by atoms with van der Waals surface area (Å²) in [6, 6.07) is 25.5. The van der Waals surface area contributed by atoms with Gasteiger partial charge in [0.05, 0.1) is 21.4 Å². The van der Waals surface area contributed by atoms with E-state index in [1.54, 1.807) is 30.3 Å². The third-order valence-corrected chi connectivity index (χ3v) is 8.42. The van der Waals surface area contributed by atoms with E-state index in [9.17, 15) is 12.6 Å². The fourth-order valence-electron chi connectivity index (χ4n) is 3.20. The van der Waals surface area contributed by atoms with E-state index in [0.29, 0.717) is 4.90 Å². The minimum atomic E-state index is -3.51. The zero-order valence-electron chi connectivity index (χ0n) is 16.0. The summed E-state index contributed by atoms with van der Waals surface area (Å²) in [5, 5.41) is -0.358. The molecule has 0 amide bonds. The summed E-state index contributed by atoms with van der Waals surface area (Å²) in [5.41, 5.74) is 1.98. The van der Waals surface area contributed by atoms with Crippen molar-refractivity contribution in [3.63, 3.8) is 0 Å². The maximum atomic E-state index is 13.2. The van der Waals surface area contributed by atoms with Gasteiger partial charge in [0.25, 0.3) is 0 Å². The van der Waals surface area contributed by atoms with Gasteiger partial charge in [-0.1, -0.05) is 66.2 Å². The molecule has 146 valence electrons. The van der Waals surface area contributed by atoms with Crippen LogP contribution in [0.2, 0.25) is 0 Å². The number of hydrogen-bond acceptors (Lipinski definition) is 3. The minimum absolute atomic E-state index is 0.0835. The molecule has 0 aromatic heterocycles. The summed E-state index contributed by atoms with van der Waals surface area (Å²) in [4.78, 5) is 1.01. The molecule has 0 bridgehead atoms. The summed E-state index contributed by atoms with van der Waals surface area (Å²) in [6.07, 6.45) is 0. The molecule has 3 atom stereocenters. The molecule has 0 aliphatic heterocycles. The number of hydrogen-bond donors (Lipinski definition) is 0. The highest BCUT2D eigenvalue weighted by atomic mass is 32.2. The Hall–Kier alpha value is -2.24. The third-order valence-electron chi connectivity index (χ3n) is 4.89. The maximum absolute atomic E-state index is 13.2. The predicted molar refractivity (Wildman–Crippen MR) is 115 cm³/mol. The molecule has 3 nitrogen and oxygen atoms in total. The highest BCUT2D eigenvalue weighted by Crippen LogP contribution is 2.30. The quantitative estimate of drug-likeness (QED) is 0.563. The normalized spacial score (nSPS) is 14.9. The van der Waals surface area contributed by atoms with Gasteiger partial charge in [0.2, 0.25) is 0 Å². The molecule has 0 saturated carbocycles. The molecular weight excluding hydrogens is 388 g/mol. The van der Waals surface area contributed by atoms with E-state index < -0.39 is 20.6 Å². The lowest BCUT2D eigenvalue weighted by Crippen LogP contribution is -2.27. The Balaban J connectivity index is 1.95. The Labute approximate surface area is 169 Å². The first kappa shape index (κ1) is 20.5. The van der Waals surface area contributed by atoms with Crippen LogP contribution in [-0.2, 0) is 20.6 Å². The first-order valence-corrected chi connectivity index (χ1v) is 12.0. The van der Waals surface area contributed by atoms with E-state index in [2.05, 4.69) is 0 Å². The summed E-state index contributed by atoms with van der Waals surface area (Å²) in [7, 11) is -4.83. The summed E-state index contributed by atoms with van der Waals surface area (Å²) in [6.45, 7) is 3.85. The van der Waals surface area contributed by atoms with Gasteiger partial charge in [-0.25, -0.2) is 8.42 Å². The van der Waals surface area contributed by atoms with Crippen molar-refractivity contribution in [2.75, 3.05) is 5.75 Å². The zero-order chi connectivity index (χ0) is 20.1. The van der Waals surface area contributed by atoms with Gasteiger partial charge in [-0.05, 0) is 43.7 Å². The molecule has 0 saturated heterocycles. The van der Waals surface area contributed by atoms with Gasteiger partial charge in [0.1, 0.15) is 0 Å². The number of benzene rings is 3. The first-order valence-electron chi connectivity index (χ1n) is 9.18. The second-order valence-electron chi connectivity index (χ2n) is 6.93. The maximum Gasteiger partial charge on any atom is 0.179 e. The van der Waals surface area contributed by atoms with Gasteiger partial charge in [0.15, 0.2) is 9.84 Å². The van der Waals surface area contributed by atoms with E-state index in [4.69, 9.17) is 0 Å². The molecule has 0 aliphatic rings. The van der Waals surface area contributed by atoms with E-state index >= 15 is 0 Å². The second-order valence-corrected chi connectivity index (χ2v) is 10.8. The number of aryl methyl sites for hydroxylation is 1. The molecule has 0 N–H and O–H groups in total. The van der Waals surface area contributed by atoms with Crippen LogP contribution in [0.5, 0.6) is 0 Å². The fourth-order valence-corrected chi connectivity index (χ4v) is 6.43. The van der Waals surface area contributed by atoms with E-state index in [1.807, 2.05) is 68.4 Å². The minimum Gasteiger partial charge on any atom is -0.254 e. The SMILES string of the molecule is Cc1ccc(S(=O)[C@H](C)[C@H](CS(=O)(=O)c2ccccc2)c2ccccc2)cc1. The van der Waals surface area contributed by atoms with Crippen LogP contribution in [0.1, 0.15) is 24.0 Å². The largest absolute Gasteiger partial charge is 0.254 e. The molecule has 0 spiro atoms. The molecule has 5 heteroatoms. The van der Waals surface area contributed by atoms with E-state index in [0.717, 1.165) is 16.0 Å². The van der Waals surface area contributed by atoms with E-state index in [1.165, 1.54) is 0 Å². The third kappa shape index (κ3) is 4.78. The van der Waals surface area contributed by atoms with Gasteiger partial charge >= 0.3 is 0 Å².